The molecule has 0 amide bonds. The first-order valence-electron chi connectivity index (χ1n) is 5.39. The van der Waals surface area contributed by atoms with Crippen molar-refractivity contribution in [3.8, 4) is 0 Å². The van der Waals surface area contributed by atoms with Crippen LogP contribution in [0.2, 0.25) is 0 Å². The van der Waals surface area contributed by atoms with Crippen LogP contribution >= 0.6 is 0 Å². The SMILES string of the molecule is CCOC(=O)c1ccc([N+](=O)[O-])c(/C=C/NC)c1. The third-order valence-corrected chi connectivity index (χ3v) is 2.16. The number of carbonyl (C=O) groups excluding carboxylic acids is 1. The Balaban J connectivity index is 3.16. The Kier molecular flexibility index (Phi) is 4.86. The van der Waals surface area contributed by atoms with Crippen molar-refractivity contribution in [3.63, 3.8) is 0 Å². The van der Waals surface area contributed by atoms with E-state index < -0.39 is 10.9 Å². The Morgan fingerprint density at radius 3 is 2.83 bits per heavy atom. The zero-order chi connectivity index (χ0) is 13.5. The van der Waals surface area contributed by atoms with E-state index in [-0.39, 0.29) is 12.3 Å². The molecule has 0 aliphatic heterocycles. The molecule has 0 aliphatic rings. The molecule has 0 unspecified atom stereocenters. The summed E-state index contributed by atoms with van der Waals surface area (Å²) in [7, 11) is 1.68. The first-order chi connectivity index (χ1) is 8.60. The van der Waals surface area contributed by atoms with E-state index in [1.54, 1.807) is 20.2 Å². The molecule has 1 aromatic rings. The maximum atomic E-state index is 11.5. The van der Waals surface area contributed by atoms with Crippen molar-refractivity contribution in [2.45, 2.75) is 6.92 Å². The Hall–Kier alpha value is -2.37. The molecule has 1 N–H and O–H groups in total. The van der Waals surface area contributed by atoms with Crippen molar-refractivity contribution in [1.29, 1.82) is 0 Å². The van der Waals surface area contributed by atoms with Crippen LogP contribution in [0.4, 0.5) is 5.69 Å². The van der Waals surface area contributed by atoms with Gasteiger partial charge in [0, 0.05) is 13.1 Å². The van der Waals surface area contributed by atoms with Crippen LogP contribution in [0.1, 0.15) is 22.8 Å². The van der Waals surface area contributed by atoms with Crippen molar-refractivity contribution in [3.05, 3.63) is 45.6 Å². The molecule has 96 valence electrons. The third-order valence-electron chi connectivity index (χ3n) is 2.16. The van der Waals surface area contributed by atoms with Gasteiger partial charge in [-0.3, -0.25) is 10.1 Å². The fraction of sp³-hybridized carbons (Fsp3) is 0.250. The summed E-state index contributed by atoms with van der Waals surface area (Å²) in [4.78, 5) is 21.9. The highest BCUT2D eigenvalue weighted by molar-refractivity contribution is 5.90. The number of nitro groups is 1. The Labute approximate surface area is 104 Å². The number of benzene rings is 1. The van der Waals surface area contributed by atoms with Gasteiger partial charge in [-0.15, -0.1) is 0 Å². The molecule has 0 fully saturated rings. The quantitative estimate of drug-likeness (QED) is 0.490. The molecule has 0 saturated carbocycles. The van der Waals surface area contributed by atoms with Crippen LogP contribution < -0.4 is 5.32 Å². The Morgan fingerprint density at radius 2 is 2.28 bits per heavy atom. The molecule has 0 heterocycles. The van der Waals surface area contributed by atoms with Gasteiger partial charge in [-0.25, -0.2) is 4.79 Å². The molecule has 6 nitrogen and oxygen atoms in total. The van der Waals surface area contributed by atoms with Crippen molar-refractivity contribution in [2.75, 3.05) is 13.7 Å². The van der Waals surface area contributed by atoms with Crippen LogP contribution in [0.5, 0.6) is 0 Å². The fourth-order valence-corrected chi connectivity index (χ4v) is 1.37. The molecule has 0 saturated heterocycles. The van der Waals surface area contributed by atoms with Gasteiger partial charge in [0.1, 0.15) is 0 Å². The zero-order valence-corrected chi connectivity index (χ0v) is 10.2. The number of hydrogen-bond acceptors (Lipinski definition) is 5. The highest BCUT2D eigenvalue weighted by Gasteiger charge is 2.15. The van der Waals surface area contributed by atoms with Gasteiger partial charge < -0.3 is 10.1 Å². The largest absolute Gasteiger partial charge is 0.462 e. The maximum Gasteiger partial charge on any atom is 0.338 e. The number of ether oxygens (including phenoxy) is 1. The van der Waals surface area contributed by atoms with Crippen LogP contribution in [0.3, 0.4) is 0 Å². The van der Waals surface area contributed by atoms with Crippen molar-refractivity contribution in [2.24, 2.45) is 0 Å². The molecule has 1 rings (SSSR count). The van der Waals surface area contributed by atoms with E-state index in [0.29, 0.717) is 11.1 Å². The number of carbonyl (C=O) groups is 1. The van der Waals surface area contributed by atoms with Crippen molar-refractivity contribution < 1.29 is 14.5 Å². The highest BCUT2D eigenvalue weighted by Crippen LogP contribution is 2.21. The average Bonchev–Trinajstić information content (AvgIpc) is 2.36. The third kappa shape index (κ3) is 3.31. The van der Waals surface area contributed by atoms with Crippen LogP contribution in [-0.4, -0.2) is 24.5 Å². The average molecular weight is 250 g/mol. The molecular formula is C12H14N2O4. The van der Waals surface area contributed by atoms with Gasteiger partial charge in [-0.05, 0) is 31.3 Å². The summed E-state index contributed by atoms with van der Waals surface area (Å²) in [6.45, 7) is 1.96. The number of nitro benzene ring substituents is 1. The van der Waals surface area contributed by atoms with Gasteiger partial charge in [-0.2, -0.15) is 0 Å². The lowest BCUT2D eigenvalue weighted by Gasteiger charge is -2.03. The van der Waals surface area contributed by atoms with Gasteiger partial charge in [0.15, 0.2) is 0 Å². The number of nitrogens with zero attached hydrogens (tertiary/aromatic N) is 1. The lowest BCUT2D eigenvalue weighted by Crippen LogP contribution is -2.05. The normalized spacial score (nSPS) is 10.3. The maximum absolute atomic E-state index is 11.5. The van der Waals surface area contributed by atoms with Gasteiger partial charge in [0.05, 0.1) is 22.7 Å². The van der Waals surface area contributed by atoms with Crippen LogP contribution in [0.25, 0.3) is 6.08 Å². The summed E-state index contributed by atoms with van der Waals surface area (Å²) in [5.41, 5.74) is 0.577. The van der Waals surface area contributed by atoms with E-state index in [0.717, 1.165) is 0 Å². The van der Waals surface area contributed by atoms with Crippen molar-refractivity contribution in [1.82, 2.24) is 5.32 Å². The molecule has 18 heavy (non-hydrogen) atoms. The summed E-state index contributed by atoms with van der Waals surface area (Å²) >= 11 is 0. The van der Waals surface area contributed by atoms with E-state index in [1.165, 1.54) is 24.3 Å². The van der Waals surface area contributed by atoms with Crippen molar-refractivity contribution >= 4 is 17.7 Å². The molecule has 0 radical (unpaired) electrons. The summed E-state index contributed by atoms with van der Waals surface area (Å²) in [5, 5.41) is 13.6. The van der Waals surface area contributed by atoms with Gasteiger partial charge in [0.2, 0.25) is 0 Å². The second-order valence-electron chi connectivity index (χ2n) is 3.37. The summed E-state index contributed by atoms with van der Waals surface area (Å²) < 4.78 is 4.84. The van der Waals surface area contributed by atoms with E-state index in [9.17, 15) is 14.9 Å². The summed E-state index contributed by atoms with van der Waals surface area (Å²) in [5.74, 6) is -0.494. The van der Waals surface area contributed by atoms with Gasteiger partial charge >= 0.3 is 5.97 Å². The van der Waals surface area contributed by atoms with E-state index in [1.807, 2.05) is 0 Å². The minimum Gasteiger partial charge on any atom is -0.462 e. The number of esters is 1. The first-order valence-corrected chi connectivity index (χ1v) is 5.39. The molecule has 0 aliphatic carbocycles. The smallest absolute Gasteiger partial charge is 0.338 e. The number of nitrogens with one attached hydrogen (secondary N) is 1. The summed E-state index contributed by atoms with van der Waals surface area (Å²) in [6, 6.07) is 4.11. The second-order valence-corrected chi connectivity index (χ2v) is 3.37. The molecule has 0 spiro atoms. The molecule has 6 heteroatoms. The fourth-order valence-electron chi connectivity index (χ4n) is 1.37. The van der Waals surface area contributed by atoms with E-state index in [2.05, 4.69) is 5.32 Å². The Bertz CT molecular complexity index is 483. The van der Waals surface area contributed by atoms with E-state index in [4.69, 9.17) is 4.74 Å². The lowest BCUT2D eigenvalue weighted by atomic mass is 10.1. The zero-order valence-electron chi connectivity index (χ0n) is 10.2. The highest BCUT2D eigenvalue weighted by atomic mass is 16.6. The molecule has 0 atom stereocenters. The standard InChI is InChI=1S/C12H14N2O4/c1-3-18-12(15)10-4-5-11(14(16)17)9(8-10)6-7-13-2/h4-8,13H,3H2,1-2H3/b7-6+. The molecule has 0 aromatic heterocycles. The topological polar surface area (TPSA) is 81.5 Å². The lowest BCUT2D eigenvalue weighted by molar-refractivity contribution is -0.385. The minimum atomic E-state index is -0.496. The monoisotopic (exact) mass is 250 g/mol. The summed E-state index contributed by atoms with van der Waals surface area (Å²) in [6.07, 6.45) is 3.08. The molecule has 0 bridgehead atoms. The molecule has 1 aromatic carbocycles. The Morgan fingerprint density at radius 1 is 1.56 bits per heavy atom. The second kappa shape index (κ2) is 6.39. The predicted octanol–water partition coefficient (Wildman–Crippen LogP) is 1.96. The number of hydrogen-bond donors (Lipinski definition) is 1. The van der Waals surface area contributed by atoms with Gasteiger partial charge in [0.25, 0.3) is 5.69 Å². The van der Waals surface area contributed by atoms with Crippen LogP contribution in [0.15, 0.2) is 24.4 Å². The van der Waals surface area contributed by atoms with Gasteiger partial charge in [-0.1, -0.05) is 0 Å². The predicted molar refractivity (Wildman–Crippen MR) is 67.1 cm³/mol. The minimum absolute atomic E-state index is 0.0606. The van der Waals surface area contributed by atoms with Crippen LogP contribution in [-0.2, 0) is 4.74 Å². The molecular weight excluding hydrogens is 236 g/mol. The van der Waals surface area contributed by atoms with Crippen LogP contribution in [0, 0.1) is 10.1 Å². The van der Waals surface area contributed by atoms with E-state index >= 15 is 0 Å². The number of rotatable bonds is 5. The first kappa shape index (κ1) is 13.7.